The third-order valence-corrected chi connectivity index (χ3v) is 5.26. The lowest BCUT2D eigenvalue weighted by Crippen LogP contribution is -2.37. The van der Waals surface area contributed by atoms with Crippen LogP contribution in [0.1, 0.15) is 31.6 Å². The van der Waals surface area contributed by atoms with Gasteiger partial charge in [0.2, 0.25) is 11.7 Å². The summed E-state index contributed by atoms with van der Waals surface area (Å²) >= 11 is 1.64. The van der Waals surface area contributed by atoms with Crippen molar-refractivity contribution < 1.29 is 14.0 Å². The maximum atomic E-state index is 5.80. The highest BCUT2D eigenvalue weighted by Gasteiger charge is 2.25. The first kappa shape index (κ1) is 16.2. The Kier molecular flexibility index (Phi) is 5.22. The van der Waals surface area contributed by atoms with Crippen molar-refractivity contribution >= 4 is 11.3 Å². The summed E-state index contributed by atoms with van der Waals surface area (Å²) in [7, 11) is 0. The molecule has 0 radical (unpaired) electrons. The fourth-order valence-electron chi connectivity index (χ4n) is 3.38. The van der Waals surface area contributed by atoms with Crippen LogP contribution < -0.4 is 0 Å². The molecular weight excluding hydrogens is 326 g/mol. The third kappa shape index (κ3) is 4.03. The maximum absolute atomic E-state index is 5.80. The van der Waals surface area contributed by atoms with Crippen LogP contribution in [0.2, 0.25) is 0 Å². The summed E-state index contributed by atoms with van der Waals surface area (Å²) < 4.78 is 17.1. The molecule has 2 aliphatic heterocycles. The summed E-state index contributed by atoms with van der Waals surface area (Å²) in [6.45, 7) is 4.20. The highest BCUT2D eigenvalue weighted by Crippen LogP contribution is 2.21. The van der Waals surface area contributed by atoms with Gasteiger partial charge >= 0.3 is 0 Å². The molecule has 2 atom stereocenters. The van der Waals surface area contributed by atoms with Gasteiger partial charge in [-0.25, -0.2) is 0 Å². The second kappa shape index (κ2) is 7.74. The van der Waals surface area contributed by atoms with E-state index in [-0.39, 0.29) is 0 Å². The topological polar surface area (TPSA) is 60.6 Å². The first-order chi connectivity index (χ1) is 11.9. The molecule has 4 heterocycles. The second-order valence-corrected chi connectivity index (χ2v) is 7.27. The van der Waals surface area contributed by atoms with E-state index < -0.39 is 0 Å². The average molecular weight is 349 g/mol. The molecule has 0 bridgehead atoms. The molecule has 2 aliphatic rings. The van der Waals surface area contributed by atoms with Gasteiger partial charge in [-0.1, -0.05) is 5.16 Å². The van der Waals surface area contributed by atoms with Gasteiger partial charge in [0, 0.05) is 37.2 Å². The standard InChI is InChI=1S/C17H23N3O3S/c1-3-14(21-6-1)9-20(10-15-4-2-7-22-15)11-16-18-17(19-23-16)13-5-8-24-12-13/h5,8,12,14-15H,1-4,6-7,9-11H2. The van der Waals surface area contributed by atoms with E-state index in [1.54, 1.807) is 11.3 Å². The Morgan fingerprint density at radius 2 is 1.88 bits per heavy atom. The minimum absolute atomic E-state index is 0.311. The number of ether oxygens (including phenoxy) is 2. The number of hydrogen-bond donors (Lipinski definition) is 0. The lowest BCUT2D eigenvalue weighted by molar-refractivity contribution is 0.0309. The monoisotopic (exact) mass is 349 g/mol. The number of rotatable bonds is 7. The summed E-state index contributed by atoms with van der Waals surface area (Å²) in [5.41, 5.74) is 1.01. The van der Waals surface area contributed by atoms with E-state index >= 15 is 0 Å². The molecule has 0 aromatic carbocycles. The molecular formula is C17H23N3O3S. The molecule has 0 N–H and O–H groups in total. The molecule has 2 aromatic heterocycles. The SMILES string of the molecule is c1cc(-c2noc(CN(CC3CCCO3)CC3CCCO3)n2)cs1. The largest absolute Gasteiger partial charge is 0.377 e. The van der Waals surface area contributed by atoms with Gasteiger partial charge in [-0.2, -0.15) is 16.3 Å². The second-order valence-electron chi connectivity index (χ2n) is 6.49. The molecule has 6 nitrogen and oxygen atoms in total. The van der Waals surface area contributed by atoms with Gasteiger partial charge in [0.15, 0.2) is 0 Å². The number of aromatic nitrogens is 2. The summed E-state index contributed by atoms with van der Waals surface area (Å²) in [5, 5.41) is 8.16. The predicted octanol–water partition coefficient (Wildman–Crippen LogP) is 2.96. The van der Waals surface area contributed by atoms with Crippen LogP contribution in [0.15, 0.2) is 21.3 Å². The zero-order chi connectivity index (χ0) is 16.2. The van der Waals surface area contributed by atoms with Crippen LogP contribution in [-0.2, 0) is 16.0 Å². The zero-order valence-corrected chi connectivity index (χ0v) is 14.5. The van der Waals surface area contributed by atoms with Crippen molar-refractivity contribution in [3.05, 3.63) is 22.7 Å². The molecule has 0 spiro atoms. The molecule has 0 aliphatic carbocycles. The van der Waals surface area contributed by atoms with Gasteiger partial charge in [-0.3, -0.25) is 4.90 Å². The summed E-state index contributed by atoms with van der Waals surface area (Å²) in [5.74, 6) is 1.33. The molecule has 130 valence electrons. The molecule has 7 heteroatoms. The first-order valence-electron chi connectivity index (χ1n) is 8.67. The van der Waals surface area contributed by atoms with Crippen molar-refractivity contribution in [2.24, 2.45) is 0 Å². The smallest absolute Gasteiger partial charge is 0.241 e. The molecule has 24 heavy (non-hydrogen) atoms. The quantitative estimate of drug-likeness (QED) is 0.766. The fraction of sp³-hybridized carbons (Fsp3) is 0.647. The lowest BCUT2D eigenvalue weighted by Gasteiger charge is -2.26. The first-order valence-corrected chi connectivity index (χ1v) is 9.62. The summed E-state index contributed by atoms with van der Waals surface area (Å²) in [4.78, 5) is 6.89. The van der Waals surface area contributed by atoms with Crippen molar-refractivity contribution in [1.29, 1.82) is 0 Å². The molecule has 2 saturated heterocycles. The Morgan fingerprint density at radius 3 is 2.46 bits per heavy atom. The van der Waals surface area contributed by atoms with Crippen LogP contribution >= 0.6 is 11.3 Å². The van der Waals surface area contributed by atoms with Gasteiger partial charge < -0.3 is 14.0 Å². The van der Waals surface area contributed by atoms with E-state index in [4.69, 9.17) is 14.0 Å². The Hall–Kier alpha value is -1.28. The molecule has 4 rings (SSSR count). The minimum atomic E-state index is 0.311. The van der Waals surface area contributed by atoms with Gasteiger partial charge in [-0.05, 0) is 37.1 Å². The van der Waals surface area contributed by atoms with E-state index in [1.807, 2.05) is 16.8 Å². The van der Waals surface area contributed by atoms with Crippen molar-refractivity contribution in [3.63, 3.8) is 0 Å². The van der Waals surface area contributed by atoms with Crippen molar-refractivity contribution in [2.75, 3.05) is 26.3 Å². The normalized spacial score (nSPS) is 24.2. The zero-order valence-electron chi connectivity index (χ0n) is 13.7. The summed E-state index contributed by atoms with van der Waals surface area (Å²) in [6.07, 6.45) is 5.19. The highest BCUT2D eigenvalue weighted by molar-refractivity contribution is 7.08. The van der Waals surface area contributed by atoms with Crippen LogP contribution in [0, 0.1) is 0 Å². The summed E-state index contributed by atoms with van der Waals surface area (Å²) in [6, 6.07) is 2.01. The Bertz CT molecular complexity index is 601. The van der Waals surface area contributed by atoms with E-state index in [1.165, 1.54) is 0 Å². The minimum Gasteiger partial charge on any atom is -0.377 e. The van der Waals surface area contributed by atoms with E-state index in [2.05, 4.69) is 15.0 Å². The van der Waals surface area contributed by atoms with Gasteiger partial charge in [0.1, 0.15) is 0 Å². The van der Waals surface area contributed by atoms with Crippen LogP contribution in [0.25, 0.3) is 11.4 Å². The van der Waals surface area contributed by atoms with Crippen LogP contribution in [0.5, 0.6) is 0 Å². The lowest BCUT2D eigenvalue weighted by atomic mass is 10.2. The van der Waals surface area contributed by atoms with Gasteiger partial charge in [0.25, 0.3) is 0 Å². The van der Waals surface area contributed by atoms with Crippen LogP contribution in [0.4, 0.5) is 0 Å². The van der Waals surface area contributed by atoms with Crippen molar-refractivity contribution in [2.45, 2.75) is 44.4 Å². The van der Waals surface area contributed by atoms with E-state index in [9.17, 15) is 0 Å². The molecule has 0 amide bonds. The third-order valence-electron chi connectivity index (χ3n) is 4.58. The van der Waals surface area contributed by atoms with Crippen LogP contribution in [0.3, 0.4) is 0 Å². The Labute approximate surface area is 145 Å². The van der Waals surface area contributed by atoms with E-state index in [0.717, 1.165) is 57.6 Å². The number of nitrogens with zero attached hydrogens (tertiary/aromatic N) is 3. The molecule has 2 fully saturated rings. The number of thiophene rings is 1. The van der Waals surface area contributed by atoms with Crippen molar-refractivity contribution in [3.8, 4) is 11.4 Å². The Balaban J connectivity index is 1.41. The molecule has 2 unspecified atom stereocenters. The number of hydrogen-bond acceptors (Lipinski definition) is 7. The van der Waals surface area contributed by atoms with Crippen LogP contribution in [-0.4, -0.2) is 53.6 Å². The molecule has 2 aromatic rings. The predicted molar refractivity (Wildman–Crippen MR) is 90.8 cm³/mol. The van der Waals surface area contributed by atoms with E-state index in [0.29, 0.717) is 30.5 Å². The maximum Gasteiger partial charge on any atom is 0.241 e. The van der Waals surface area contributed by atoms with Gasteiger partial charge in [0.05, 0.1) is 18.8 Å². The average Bonchev–Trinajstić information content (AvgIpc) is 3.37. The highest BCUT2D eigenvalue weighted by atomic mass is 32.1. The van der Waals surface area contributed by atoms with Gasteiger partial charge in [-0.15, -0.1) is 0 Å². The van der Waals surface area contributed by atoms with Crippen molar-refractivity contribution in [1.82, 2.24) is 15.0 Å². The fourth-order valence-corrected chi connectivity index (χ4v) is 4.01. The Morgan fingerprint density at radius 1 is 1.12 bits per heavy atom. The molecule has 0 saturated carbocycles.